The third-order valence-corrected chi connectivity index (χ3v) is 5.89. The predicted octanol–water partition coefficient (Wildman–Crippen LogP) is 2.18. The van der Waals surface area contributed by atoms with Crippen LogP contribution in [0, 0.1) is 11.8 Å². The molecule has 3 heteroatoms. The molecule has 2 unspecified atom stereocenters. The van der Waals surface area contributed by atoms with E-state index in [1.165, 1.54) is 71.2 Å². The van der Waals surface area contributed by atoms with Crippen molar-refractivity contribution >= 4 is 0 Å². The van der Waals surface area contributed by atoms with Crippen LogP contribution in [0.5, 0.6) is 0 Å². The summed E-state index contributed by atoms with van der Waals surface area (Å²) in [6, 6.07) is 1.59. The number of likely N-dealkylation sites (tertiary alicyclic amines) is 1. The predicted molar refractivity (Wildman–Crippen MR) is 85.0 cm³/mol. The number of nitrogens with zero attached hydrogens (tertiary/aromatic N) is 2. The molecule has 0 aromatic rings. The molecule has 1 N–H and O–H groups in total. The Morgan fingerprint density at radius 3 is 2.50 bits per heavy atom. The molecule has 0 aromatic heterocycles. The highest BCUT2D eigenvalue weighted by Gasteiger charge is 2.36. The average molecular weight is 279 g/mol. The van der Waals surface area contributed by atoms with Gasteiger partial charge in [-0.1, -0.05) is 6.92 Å². The highest BCUT2D eigenvalue weighted by Crippen LogP contribution is 2.34. The van der Waals surface area contributed by atoms with Gasteiger partial charge in [0.2, 0.25) is 0 Å². The van der Waals surface area contributed by atoms with Gasteiger partial charge < -0.3 is 10.2 Å². The molecule has 0 spiro atoms. The molecule has 2 heterocycles. The highest BCUT2D eigenvalue weighted by molar-refractivity contribution is 4.94. The topological polar surface area (TPSA) is 18.5 Å². The van der Waals surface area contributed by atoms with Crippen molar-refractivity contribution in [1.82, 2.24) is 15.1 Å². The smallest absolute Gasteiger partial charge is 0.0224 e. The normalized spacial score (nSPS) is 34.5. The van der Waals surface area contributed by atoms with E-state index in [2.05, 4.69) is 29.1 Å². The first kappa shape index (κ1) is 14.8. The summed E-state index contributed by atoms with van der Waals surface area (Å²) in [4.78, 5) is 5.30. The molecule has 3 nitrogen and oxygen atoms in total. The second kappa shape index (κ2) is 6.76. The van der Waals surface area contributed by atoms with E-state index in [1.54, 1.807) is 0 Å². The Hall–Kier alpha value is -0.120. The molecule has 1 saturated carbocycles. The zero-order valence-electron chi connectivity index (χ0n) is 13.5. The minimum Gasteiger partial charge on any atom is -0.311 e. The van der Waals surface area contributed by atoms with Gasteiger partial charge in [0.25, 0.3) is 0 Å². The summed E-state index contributed by atoms with van der Waals surface area (Å²) in [6.07, 6.45) is 8.52. The Bertz CT molecular complexity index is 295. The maximum absolute atomic E-state index is 3.81. The van der Waals surface area contributed by atoms with Gasteiger partial charge in [0, 0.05) is 25.2 Å². The first-order chi connectivity index (χ1) is 9.76. The number of piperidine rings is 1. The number of rotatable bonds is 5. The maximum Gasteiger partial charge on any atom is 0.0224 e. The summed E-state index contributed by atoms with van der Waals surface area (Å²) >= 11 is 0. The largest absolute Gasteiger partial charge is 0.311 e. The van der Waals surface area contributed by atoms with Gasteiger partial charge in [-0.15, -0.1) is 0 Å². The van der Waals surface area contributed by atoms with Crippen LogP contribution in [-0.4, -0.2) is 61.7 Å². The molecule has 0 bridgehead atoms. The van der Waals surface area contributed by atoms with E-state index in [4.69, 9.17) is 0 Å². The Labute approximate surface area is 125 Å². The van der Waals surface area contributed by atoms with E-state index >= 15 is 0 Å². The SMILES string of the molecule is CCC1CNC(C2CC2)CN1CCC1CCN(C)CC1. The van der Waals surface area contributed by atoms with Crippen molar-refractivity contribution in [2.24, 2.45) is 11.8 Å². The number of piperazine rings is 1. The van der Waals surface area contributed by atoms with Gasteiger partial charge in [-0.3, -0.25) is 4.90 Å². The molecule has 2 aliphatic heterocycles. The number of nitrogens with one attached hydrogen (secondary N) is 1. The molecule has 2 saturated heterocycles. The van der Waals surface area contributed by atoms with E-state index in [-0.39, 0.29) is 0 Å². The molecule has 2 atom stereocenters. The van der Waals surface area contributed by atoms with E-state index in [9.17, 15) is 0 Å². The van der Waals surface area contributed by atoms with Crippen LogP contribution < -0.4 is 5.32 Å². The molecule has 20 heavy (non-hydrogen) atoms. The van der Waals surface area contributed by atoms with Gasteiger partial charge >= 0.3 is 0 Å². The number of hydrogen-bond acceptors (Lipinski definition) is 3. The first-order valence-electron chi connectivity index (χ1n) is 8.92. The maximum atomic E-state index is 3.81. The van der Waals surface area contributed by atoms with Gasteiger partial charge in [-0.2, -0.15) is 0 Å². The molecule has 3 aliphatic rings. The fourth-order valence-corrected chi connectivity index (χ4v) is 4.07. The zero-order valence-corrected chi connectivity index (χ0v) is 13.5. The van der Waals surface area contributed by atoms with Crippen LogP contribution in [0.1, 0.15) is 45.4 Å². The van der Waals surface area contributed by atoms with Crippen LogP contribution in [0.4, 0.5) is 0 Å². The van der Waals surface area contributed by atoms with Crippen LogP contribution in [0.15, 0.2) is 0 Å². The summed E-state index contributed by atoms with van der Waals surface area (Å²) in [6.45, 7) is 8.87. The van der Waals surface area contributed by atoms with E-state index in [1.807, 2.05) is 0 Å². The summed E-state index contributed by atoms with van der Waals surface area (Å²) in [5.41, 5.74) is 0. The number of hydrogen-bond donors (Lipinski definition) is 1. The van der Waals surface area contributed by atoms with Gasteiger partial charge in [0.15, 0.2) is 0 Å². The Balaban J connectivity index is 1.45. The van der Waals surface area contributed by atoms with Gasteiger partial charge in [0.1, 0.15) is 0 Å². The second-order valence-corrected chi connectivity index (χ2v) is 7.44. The highest BCUT2D eigenvalue weighted by atomic mass is 15.2. The lowest BCUT2D eigenvalue weighted by molar-refractivity contribution is 0.104. The van der Waals surface area contributed by atoms with E-state index in [0.29, 0.717) is 0 Å². The third kappa shape index (κ3) is 3.75. The van der Waals surface area contributed by atoms with Crippen LogP contribution in [0.25, 0.3) is 0 Å². The fraction of sp³-hybridized carbons (Fsp3) is 1.00. The standard InChI is InChI=1S/C17H33N3/c1-3-16-12-18-17(15-4-5-15)13-20(16)11-8-14-6-9-19(2)10-7-14/h14-18H,3-13H2,1-2H3. The molecule has 116 valence electrons. The van der Waals surface area contributed by atoms with Gasteiger partial charge in [-0.05, 0) is 77.0 Å². The molecule has 1 aliphatic carbocycles. The second-order valence-electron chi connectivity index (χ2n) is 7.44. The first-order valence-corrected chi connectivity index (χ1v) is 8.92. The minimum absolute atomic E-state index is 0.788. The third-order valence-electron chi connectivity index (χ3n) is 5.89. The molecular weight excluding hydrogens is 246 g/mol. The van der Waals surface area contributed by atoms with Crippen LogP contribution in [0.3, 0.4) is 0 Å². The Morgan fingerprint density at radius 2 is 1.85 bits per heavy atom. The van der Waals surface area contributed by atoms with Crippen molar-refractivity contribution in [1.29, 1.82) is 0 Å². The van der Waals surface area contributed by atoms with Crippen LogP contribution in [0.2, 0.25) is 0 Å². The molecule has 0 radical (unpaired) electrons. The van der Waals surface area contributed by atoms with Crippen molar-refractivity contribution in [3.8, 4) is 0 Å². The lowest BCUT2D eigenvalue weighted by Gasteiger charge is -2.41. The zero-order chi connectivity index (χ0) is 13.9. The quantitative estimate of drug-likeness (QED) is 0.832. The van der Waals surface area contributed by atoms with Crippen LogP contribution >= 0.6 is 0 Å². The molecule has 3 rings (SSSR count). The van der Waals surface area contributed by atoms with Crippen LogP contribution in [-0.2, 0) is 0 Å². The van der Waals surface area contributed by atoms with E-state index in [0.717, 1.165) is 23.9 Å². The molecule has 0 amide bonds. The Morgan fingerprint density at radius 1 is 1.10 bits per heavy atom. The van der Waals surface area contributed by atoms with Crippen molar-refractivity contribution in [3.05, 3.63) is 0 Å². The Kier molecular flexibility index (Phi) is 5.00. The van der Waals surface area contributed by atoms with Crippen molar-refractivity contribution < 1.29 is 0 Å². The lowest BCUT2D eigenvalue weighted by atomic mass is 9.93. The van der Waals surface area contributed by atoms with Crippen molar-refractivity contribution in [2.75, 3.05) is 39.8 Å². The van der Waals surface area contributed by atoms with Crippen molar-refractivity contribution in [3.63, 3.8) is 0 Å². The monoisotopic (exact) mass is 279 g/mol. The summed E-state index contributed by atoms with van der Waals surface area (Å²) in [5.74, 6) is 1.98. The molecule has 3 fully saturated rings. The fourth-order valence-electron chi connectivity index (χ4n) is 4.07. The summed E-state index contributed by atoms with van der Waals surface area (Å²) in [5, 5.41) is 3.81. The van der Waals surface area contributed by atoms with Gasteiger partial charge in [0.05, 0.1) is 0 Å². The minimum atomic E-state index is 0.788. The van der Waals surface area contributed by atoms with Crippen molar-refractivity contribution in [2.45, 2.75) is 57.5 Å². The lowest BCUT2D eigenvalue weighted by Crippen LogP contribution is -2.57. The summed E-state index contributed by atoms with van der Waals surface area (Å²) < 4.78 is 0. The molecule has 0 aromatic carbocycles. The molecular formula is C17H33N3. The van der Waals surface area contributed by atoms with Gasteiger partial charge in [-0.25, -0.2) is 0 Å². The summed E-state index contributed by atoms with van der Waals surface area (Å²) in [7, 11) is 2.26. The van der Waals surface area contributed by atoms with E-state index < -0.39 is 0 Å². The average Bonchev–Trinajstić information content (AvgIpc) is 3.31.